The van der Waals surface area contributed by atoms with Crippen molar-refractivity contribution in [2.45, 2.75) is 226 Å². The number of phosphoric acid groups is 1. The summed E-state index contributed by atoms with van der Waals surface area (Å²) in [7, 11) is 0.688. The Morgan fingerprint density at radius 3 is 2.05 bits per heavy atom. The molecule has 2 N–H and O–H groups in total. The second-order valence-corrected chi connectivity index (χ2v) is 24.2. The lowest BCUT2D eigenvalue weighted by atomic mass is 9.47. The number of ether oxygens (including phenoxy) is 1. The summed E-state index contributed by atoms with van der Waals surface area (Å²) < 4.78 is 31.5. The number of phosphoric ester groups is 1. The third-order valence-corrected chi connectivity index (χ3v) is 17.9. The van der Waals surface area contributed by atoms with Crippen molar-refractivity contribution in [1.29, 1.82) is 0 Å². The van der Waals surface area contributed by atoms with Crippen LogP contribution >= 0.6 is 7.82 Å². The SMILES string of the molecule is CCCCCCCCCCCCCCCCC(OP(=O)([O-])OCC[N+](C)(C)C)(C(=O)O)C(CO)OC1CC[C@@]2(C)C(=CCC3C2CC[C@@]2(C)C3CC[C@@H]2[C@H](C)CCCC(C)C)C1. The fourth-order valence-corrected chi connectivity index (χ4v) is 14.1. The van der Waals surface area contributed by atoms with E-state index in [1.807, 2.05) is 21.1 Å². The van der Waals surface area contributed by atoms with Crippen LogP contribution in [0.2, 0.25) is 0 Å². The van der Waals surface area contributed by atoms with Gasteiger partial charge in [-0.15, -0.1) is 0 Å². The van der Waals surface area contributed by atoms with Crippen molar-refractivity contribution in [1.82, 2.24) is 0 Å². The maximum atomic E-state index is 13.5. The standard InChI is InChI=1S/C52H96NO8P/c1-10-11-12-13-14-15-16-17-18-19-20-21-22-23-33-52(49(55)56,61-62(57,58)59-37-36-53(7,8)9)48(39-54)60-43-31-34-50(5)42(38-43)27-28-44-46-30-29-45(41(4)26-24-25-40(2)3)51(46,6)35-32-47(44)50/h27,40-41,43-48,54H,10-26,28-39H2,1-9H3,(H-,55,56,57,58)/t41-,43?,44?,45-,46?,47?,48?,50+,51-,52?/m1/s1. The molecular formula is C52H96NO8P. The predicted molar refractivity (Wildman–Crippen MR) is 252 cm³/mol. The van der Waals surface area contributed by atoms with Crippen molar-refractivity contribution < 1.29 is 42.7 Å². The Kier molecular flexibility index (Phi) is 21.5. The van der Waals surface area contributed by atoms with Crippen molar-refractivity contribution in [3.05, 3.63) is 11.6 Å². The Balaban J connectivity index is 1.40. The lowest BCUT2D eigenvalue weighted by molar-refractivity contribution is -0.870. The minimum absolute atomic E-state index is 0.0680. The van der Waals surface area contributed by atoms with E-state index in [1.54, 1.807) is 0 Å². The Morgan fingerprint density at radius 1 is 0.871 bits per heavy atom. The number of rotatable bonds is 31. The van der Waals surface area contributed by atoms with Crippen LogP contribution in [0.5, 0.6) is 0 Å². The number of aliphatic carboxylic acids is 1. The van der Waals surface area contributed by atoms with Crippen LogP contribution in [0.1, 0.15) is 208 Å². The number of carbonyl (C=O) groups is 1. The third kappa shape index (κ3) is 14.9. The number of fused-ring (bicyclic) bond motifs is 5. The minimum atomic E-state index is -5.09. The number of aliphatic hydroxyl groups excluding tert-OH is 1. The maximum absolute atomic E-state index is 13.5. The van der Waals surface area contributed by atoms with Gasteiger partial charge in [0.2, 0.25) is 5.60 Å². The Labute approximate surface area is 380 Å². The molecule has 4 aliphatic carbocycles. The first-order valence-corrected chi connectivity index (χ1v) is 27.4. The van der Waals surface area contributed by atoms with Gasteiger partial charge in [-0.05, 0) is 111 Å². The van der Waals surface area contributed by atoms with E-state index in [4.69, 9.17) is 13.8 Å². The molecule has 7 unspecified atom stereocenters. The van der Waals surface area contributed by atoms with Gasteiger partial charge in [-0.1, -0.05) is 156 Å². The van der Waals surface area contributed by atoms with E-state index in [-0.39, 0.29) is 24.5 Å². The zero-order valence-electron chi connectivity index (χ0n) is 41.4. The fraction of sp³-hybridized carbons (Fsp3) is 0.942. The molecule has 0 radical (unpaired) electrons. The highest BCUT2D eigenvalue weighted by Crippen LogP contribution is 2.67. The average molecular weight is 894 g/mol. The summed E-state index contributed by atoms with van der Waals surface area (Å²) in [5.74, 6) is 3.01. The van der Waals surface area contributed by atoms with Crippen LogP contribution < -0.4 is 4.89 Å². The van der Waals surface area contributed by atoms with E-state index in [0.717, 1.165) is 68.6 Å². The first-order chi connectivity index (χ1) is 29.3. The number of unbranched alkanes of at least 4 members (excludes halogenated alkanes) is 13. The van der Waals surface area contributed by atoms with Crippen molar-refractivity contribution >= 4 is 13.8 Å². The summed E-state index contributed by atoms with van der Waals surface area (Å²) in [4.78, 5) is 26.8. The first kappa shape index (κ1) is 53.8. The molecular weight excluding hydrogens is 798 g/mol. The Morgan fingerprint density at radius 2 is 1.48 bits per heavy atom. The molecule has 0 heterocycles. The molecule has 10 heteroatoms. The van der Waals surface area contributed by atoms with Crippen LogP contribution in [0, 0.1) is 46.3 Å². The number of aliphatic hydroxyl groups is 1. The molecule has 4 rings (SSSR count). The van der Waals surface area contributed by atoms with Gasteiger partial charge in [-0.3, -0.25) is 9.09 Å². The van der Waals surface area contributed by atoms with Gasteiger partial charge in [0.05, 0.1) is 33.9 Å². The Bertz CT molecular complexity index is 1410. The molecule has 0 saturated heterocycles. The van der Waals surface area contributed by atoms with Gasteiger partial charge < -0.3 is 28.9 Å². The van der Waals surface area contributed by atoms with Gasteiger partial charge >= 0.3 is 5.97 Å². The van der Waals surface area contributed by atoms with E-state index in [1.165, 1.54) is 108 Å². The molecule has 0 aromatic carbocycles. The van der Waals surface area contributed by atoms with Crippen LogP contribution in [0.4, 0.5) is 0 Å². The van der Waals surface area contributed by atoms with Crippen molar-refractivity contribution in [3.8, 4) is 0 Å². The maximum Gasteiger partial charge on any atom is 0.339 e. The number of quaternary nitrogens is 1. The van der Waals surface area contributed by atoms with Crippen LogP contribution in [-0.4, -0.2) is 79.4 Å². The lowest BCUT2D eigenvalue weighted by Gasteiger charge is -2.58. The molecule has 0 aromatic rings. The van der Waals surface area contributed by atoms with Gasteiger partial charge in [0.1, 0.15) is 19.3 Å². The molecule has 4 aliphatic rings. The monoisotopic (exact) mass is 894 g/mol. The molecule has 0 aliphatic heterocycles. The fourth-order valence-electron chi connectivity index (χ4n) is 13.1. The van der Waals surface area contributed by atoms with E-state index >= 15 is 0 Å². The second-order valence-electron chi connectivity index (χ2n) is 22.9. The number of likely N-dealkylation sites (N-methyl/N-ethyl adjacent to an activating group) is 1. The summed E-state index contributed by atoms with van der Waals surface area (Å²) in [6.45, 7) is 14.2. The van der Waals surface area contributed by atoms with E-state index < -0.39 is 32.1 Å². The molecule has 0 amide bonds. The highest BCUT2D eigenvalue weighted by Gasteiger charge is 2.60. The third-order valence-electron chi connectivity index (χ3n) is 16.9. The van der Waals surface area contributed by atoms with Gasteiger partial charge in [0.25, 0.3) is 7.82 Å². The van der Waals surface area contributed by atoms with Gasteiger partial charge in [-0.25, -0.2) is 4.79 Å². The molecule has 0 bridgehead atoms. The van der Waals surface area contributed by atoms with Crippen LogP contribution in [0.3, 0.4) is 0 Å². The molecule has 362 valence electrons. The van der Waals surface area contributed by atoms with E-state index in [2.05, 4.69) is 47.6 Å². The quantitative estimate of drug-likeness (QED) is 0.0305. The van der Waals surface area contributed by atoms with E-state index in [0.29, 0.717) is 41.1 Å². The lowest BCUT2D eigenvalue weighted by Crippen LogP contribution is -2.56. The van der Waals surface area contributed by atoms with Crippen molar-refractivity contribution in [2.24, 2.45) is 46.3 Å². The van der Waals surface area contributed by atoms with Gasteiger partial charge in [0, 0.05) is 0 Å². The van der Waals surface area contributed by atoms with Gasteiger partial charge in [-0.2, -0.15) is 0 Å². The smallest absolute Gasteiger partial charge is 0.339 e. The molecule has 11 atom stereocenters. The molecule has 9 nitrogen and oxygen atoms in total. The topological polar surface area (TPSA) is 125 Å². The number of hydrogen-bond donors (Lipinski definition) is 2. The minimum Gasteiger partial charge on any atom is -0.756 e. The first-order valence-electron chi connectivity index (χ1n) is 26.0. The summed E-state index contributed by atoms with van der Waals surface area (Å²) in [6.07, 6.45) is 29.4. The highest BCUT2D eigenvalue weighted by atomic mass is 31.2. The number of hydrogen-bond acceptors (Lipinski definition) is 7. The highest BCUT2D eigenvalue weighted by molar-refractivity contribution is 7.46. The van der Waals surface area contributed by atoms with Crippen LogP contribution in [0.15, 0.2) is 11.6 Å². The van der Waals surface area contributed by atoms with Gasteiger partial charge in [0.15, 0.2) is 0 Å². The largest absolute Gasteiger partial charge is 0.756 e. The molecule has 0 aromatic heterocycles. The summed E-state index contributed by atoms with van der Waals surface area (Å²) in [5.41, 5.74) is -0.415. The van der Waals surface area contributed by atoms with Crippen molar-refractivity contribution in [2.75, 3.05) is 40.9 Å². The van der Waals surface area contributed by atoms with Crippen LogP contribution in [-0.2, 0) is 23.1 Å². The number of allylic oxidation sites excluding steroid dienone is 1. The number of nitrogens with zero attached hydrogens (tertiary/aromatic N) is 1. The molecule has 0 spiro atoms. The zero-order valence-corrected chi connectivity index (χ0v) is 42.3. The summed E-state index contributed by atoms with van der Waals surface area (Å²) in [5, 5.41) is 21.8. The number of carboxylic acids is 1. The zero-order chi connectivity index (χ0) is 45.6. The second kappa shape index (κ2) is 24.8. The van der Waals surface area contributed by atoms with Crippen molar-refractivity contribution in [3.63, 3.8) is 0 Å². The van der Waals surface area contributed by atoms with E-state index in [9.17, 15) is 24.5 Å². The predicted octanol–water partition coefficient (Wildman–Crippen LogP) is 12.7. The summed E-state index contributed by atoms with van der Waals surface area (Å²) in [6, 6.07) is 0. The Hall–Kier alpha value is -0.800. The molecule has 3 fully saturated rings. The normalized spacial score (nSPS) is 30.5. The number of carboxylic acid groups (broad SMARTS) is 1. The average Bonchev–Trinajstić information content (AvgIpc) is 3.56. The molecule has 62 heavy (non-hydrogen) atoms. The molecule has 3 saturated carbocycles. The summed E-state index contributed by atoms with van der Waals surface area (Å²) >= 11 is 0. The van der Waals surface area contributed by atoms with Crippen LogP contribution in [0.25, 0.3) is 0 Å².